The van der Waals surface area contributed by atoms with Crippen LogP contribution in [0, 0.1) is 0 Å². The summed E-state index contributed by atoms with van der Waals surface area (Å²) in [6.45, 7) is 4.40. The summed E-state index contributed by atoms with van der Waals surface area (Å²) < 4.78 is 0. The molecule has 2 aromatic rings. The summed E-state index contributed by atoms with van der Waals surface area (Å²) in [5, 5.41) is 3.03. The molecule has 4 nitrogen and oxygen atoms in total. The van der Waals surface area contributed by atoms with E-state index >= 15 is 0 Å². The molecule has 4 heteroatoms. The quantitative estimate of drug-likeness (QED) is 0.783. The second-order valence-corrected chi connectivity index (χ2v) is 6.68. The summed E-state index contributed by atoms with van der Waals surface area (Å²) in [4.78, 5) is 18.9. The van der Waals surface area contributed by atoms with Gasteiger partial charge in [-0.05, 0) is 74.6 Å². The third-order valence-corrected chi connectivity index (χ3v) is 4.78. The fourth-order valence-corrected chi connectivity index (χ4v) is 3.29. The molecule has 0 saturated carbocycles. The number of amides is 1. The van der Waals surface area contributed by atoms with E-state index in [0.29, 0.717) is 5.56 Å². The largest absolute Gasteiger partial charge is 0.352 e. The summed E-state index contributed by atoms with van der Waals surface area (Å²) in [5.41, 5.74) is 2.85. The maximum Gasteiger partial charge on any atom is 0.251 e. The lowest BCUT2D eigenvalue weighted by atomic mass is 10.1. The molecule has 0 aliphatic carbocycles. The summed E-state index contributed by atoms with van der Waals surface area (Å²) in [7, 11) is 0. The van der Waals surface area contributed by atoms with Gasteiger partial charge in [-0.25, -0.2) is 0 Å². The van der Waals surface area contributed by atoms with E-state index in [4.69, 9.17) is 0 Å². The maximum atomic E-state index is 12.2. The first-order chi connectivity index (χ1) is 12.3. The molecule has 0 spiro atoms. The van der Waals surface area contributed by atoms with E-state index in [-0.39, 0.29) is 5.91 Å². The van der Waals surface area contributed by atoms with Crippen molar-refractivity contribution in [2.24, 2.45) is 0 Å². The highest BCUT2D eigenvalue weighted by molar-refractivity contribution is 5.94. The summed E-state index contributed by atoms with van der Waals surface area (Å²) in [6.07, 6.45) is 9.84. The molecule has 0 atom stereocenters. The molecule has 0 unspecified atom stereocenters. The third kappa shape index (κ3) is 5.40. The molecule has 0 radical (unpaired) electrons. The Morgan fingerprint density at radius 1 is 1.00 bits per heavy atom. The lowest BCUT2D eigenvalue weighted by Crippen LogP contribution is -2.31. The van der Waals surface area contributed by atoms with E-state index in [1.165, 1.54) is 32.4 Å². The number of pyridine rings is 1. The fraction of sp³-hybridized carbons (Fsp3) is 0.429. The Bertz CT molecular complexity index is 649. The van der Waals surface area contributed by atoms with E-state index in [1.807, 2.05) is 42.6 Å². The molecule has 1 amide bonds. The molecule has 3 rings (SSSR count). The van der Waals surface area contributed by atoms with Crippen molar-refractivity contribution in [1.82, 2.24) is 15.2 Å². The van der Waals surface area contributed by atoms with Crippen LogP contribution in [-0.2, 0) is 0 Å². The van der Waals surface area contributed by atoms with Gasteiger partial charge in [0, 0.05) is 24.5 Å². The van der Waals surface area contributed by atoms with Crippen LogP contribution in [0.25, 0.3) is 11.1 Å². The number of aromatic nitrogens is 1. The number of hydrogen-bond acceptors (Lipinski definition) is 3. The van der Waals surface area contributed by atoms with Gasteiger partial charge in [0.2, 0.25) is 0 Å². The van der Waals surface area contributed by atoms with Crippen LogP contribution < -0.4 is 5.32 Å². The van der Waals surface area contributed by atoms with Crippen molar-refractivity contribution in [3.63, 3.8) is 0 Å². The molecule has 0 bridgehead atoms. The highest BCUT2D eigenvalue weighted by Crippen LogP contribution is 2.18. The number of benzene rings is 1. The van der Waals surface area contributed by atoms with Crippen molar-refractivity contribution in [1.29, 1.82) is 0 Å². The highest BCUT2D eigenvalue weighted by Gasteiger charge is 2.09. The second-order valence-electron chi connectivity index (χ2n) is 6.68. The molecule has 1 saturated heterocycles. The van der Waals surface area contributed by atoms with Crippen molar-refractivity contribution in [3.05, 3.63) is 54.4 Å². The molecule has 1 aliphatic rings. The van der Waals surface area contributed by atoms with Gasteiger partial charge in [-0.3, -0.25) is 9.78 Å². The van der Waals surface area contributed by atoms with Crippen molar-refractivity contribution in [2.75, 3.05) is 26.2 Å². The van der Waals surface area contributed by atoms with Crippen LogP contribution in [0.2, 0.25) is 0 Å². The average molecular weight is 337 g/mol. The van der Waals surface area contributed by atoms with Crippen LogP contribution in [0.1, 0.15) is 42.5 Å². The van der Waals surface area contributed by atoms with E-state index < -0.39 is 0 Å². The van der Waals surface area contributed by atoms with E-state index in [0.717, 1.165) is 37.1 Å². The molecule has 1 aromatic carbocycles. The molecule has 132 valence electrons. The van der Waals surface area contributed by atoms with Crippen molar-refractivity contribution < 1.29 is 4.79 Å². The van der Waals surface area contributed by atoms with Gasteiger partial charge in [0.1, 0.15) is 0 Å². The number of nitrogens with zero attached hydrogens (tertiary/aromatic N) is 2. The third-order valence-electron chi connectivity index (χ3n) is 4.78. The Morgan fingerprint density at radius 2 is 1.80 bits per heavy atom. The number of rotatable bonds is 7. The Morgan fingerprint density at radius 3 is 2.52 bits per heavy atom. The van der Waals surface area contributed by atoms with Crippen LogP contribution in [0.4, 0.5) is 0 Å². The molecular formula is C21H27N3O. The van der Waals surface area contributed by atoms with Gasteiger partial charge in [0.05, 0.1) is 0 Å². The van der Waals surface area contributed by atoms with Crippen LogP contribution in [0.15, 0.2) is 48.8 Å². The molecule has 1 fully saturated rings. The first-order valence-corrected chi connectivity index (χ1v) is 9.34. The smallest absolute Gasteiger partial charge is 0.251 e. The number of unbranched alkanes of at least 4 members (excludes halogenated alkanes) is 1. The second kappa shape index (κ2) is 9.33. The standard InChI is InChI=1S/C21H27N3O/c25-21(23-13-2-5-16-24-14-3-1-4-15-24)19-10-8-18(9-11-19)20-7-6-12-22-17-20/h6-12,17H,1-5,13-16H2,(H,23,25). The Kier molecular flexibility index (Phi) is 6.57. The molecular weight excluding hydrogens is 310 g/mol. The van der Waals surface area contributed by atoms with Crippen molar-refractivity contribution in [2.45, 2.75) is 32.1 Å². The topological polar surface area (TPSA) is 45.2 Å². The van der Waals surface area contributed by atoms with Crippen LogP contribution in [0.5, 0.6) is 0 Å². The van der Waals surface area contributed by atoms with Gasteiger partial charge < -0.3 is 10.2 Å². The average Bonchev–Trinajstić information content (AvgIpc) is 2.69. The van der Waals surface area contributed by atoms with Gasteiger partial charge in [0.15, 0.2) is 0 Å². The monoisotopic (exact) mass is 337 g/mol. The van der Waals surface area contributed by atoms with Gasteiger partial charge in [0.25, 0.3) is 5.91 Å². The molecule has 1 aromatic heterocycles. The van der Waals surface area contributed by atoms with Gasteiger partial charge in [-0.15, -0.1) is 0 Å². The minimum atomic E-state index is 0.00992. The Hall–Kier alpha value is -2.20. The molecule has 25 heavy (non-hydrogen) atoms. The number of piperidine rings is 1. The maximum absolute atomic E-state index is 12.2. The predicted molar refractivity (Wildman–Crippen MR) is 102 cm³/mol. The van der Waals surface area contributed by atoms with Crippen LogP contribution in [-0.4, -0.2) is 42.0 Å². The van der Waals surface area contributed by atoms with Crippen LogP contribution in [0.3, 0.4) is 0 Å². The number of carbonyl (C=O) groups excluding carboxylic acids is 1. The zero-order valence-electron chi connectivity index (χ0n) is 14.8. The zero-order valence-corrected chi connectivity index (χ0v) is 14.8. The van der Waals surface area contributed by atoms with Crippen LogP contribution >= 0.6 is 0 Å². The number of hydrogen-bond donors (Lipinski definition) is 1. The van der Waals surface area contributed by atoms with E-state index in [2.05, 4.69) is 15.2 Å². The molecule has 1 aliphatic heterocycles. The van der Waals surface area contributed by atoms with E-state index in [9.17, 15) is 4.79 Å². The lowest BCUT2D eigenvalue weighted by Gasteiger charge is -2.26. The van der Waals surface area contributed by atoms with E-state index in [1.54, 1.807) is 6.20 Å². The fourth-order valence-electron chi connectivity index (χ4n) is 3.29. The highest BCUT2D eigenvalue weighted by atomic mass is 16.1. The first kappa shape index (κ1) is 17.6. The SMILES string of the molecule is O=C(NCCCCN1CCCCC1)c1ccc(-c2cccnc2)cc1. The lowest BCUT2D eigenvalue weighted by molar-refractivity contribution is 0.0952. The van der Waals surface area contributed by atoms with Gasteiger partial charge >= 0.3 is 0 Å². The molecule has 2 heterocycles. The summed E-state index contributed by atoms with van der Waals surface area (Å²) >= 11 is 0. The number of likely N-dealkylation sites (tertiary alicyclic amines) is 1. The van der Waals surface area contributed by atoms with Crippen molar-refractivity contribution >= 4 is 5.91 Å². The Labute approximate surface area is 150 Å². The summed E-state index contributed by atoms with van der Waals surface area (Å²) in [6, 6.07) is 11.6. The van der Waals surface area contributed by atoms with Gasteiger partial charge in [-0.2, -0.15) is 0 Å². The minimum Gasteiger partial charge on any atom is -0.352 e. The Balaban J connectivity index is 1.39. The normalized spacial score (nSPS) is 15.0. The first-order valence-electron chi connectivity index (χ1n) is 9.34. The number of carbonyl (C=O) groups is 1. The molecule has 1 N–H and O–H groups in total. The van der Waals surface area contributed by atoms with Crippen molar-refractivity contribution in [3.8, 4) is 11.1 Å². The van der Waals surface area contributed by atoms with Gasteiger partial charge in [-0.1, -0.05) is 24.6 Å². The minimum absolute atomic E-state index is 0.00992. The zero-order chi connectivity index (χ0) is 17.3. The summed E-state index contributed by atoms with van der Waals surface area (Å²) in [5.74, 6) is 0.00992. The number of nitrogens with one attached hydrogen (secondary N) is 1. The predicted octanol–water partition coefficient (Wildman–Crippen LogP) is 3.74.